The summed E-state index contributed by atoms with van der Waals surface area (Å²) in [6, 6.07) is 7.64. The zero-order valence-electron chi connectivity index (χ0n) is 11.7. The first-order chi connectivity index (χ1) is 9.15. The molecule has 1 unspecified atom stereocenters. The maximum absolute atomic E-state index is 11.6. The molecule has 0 aliphatic rings. The monoisotopic (exact) mass is 266 g/mol. The lowest BCUT2D eigenvalue weighted by Gasteiger charge is -2.13. The van der Waals surface area contributed by atoms with Gasteiger partial charge in [-0.3, -0.25) is 4.79 Å². The highest BCUT2D eigenvalue weighted by molar-refractivity contribution is 5.77. The Balaban J connectivity index is 2.33. The van der Waals surface area contributed by atoms with Crippen LogP contribution in [-0.4, -0.2) is 39.3 Å². The number of ether oxygens (including phenoxy) is 2. The molecule has 1 rings (SSSR count). The van der Waals surface area contributed by atoms with Gasteiger partial charge in [0.25, 0.3) is 5.91 Å². The van der Waals surface area contributed by atoms with Gasteiger partial charge in [0.05, 0.1) is 6.61 Å². The van der Waals surface area contributed by atoms with E-state index in [0.29, 0.717) is 12.4 Å². The van der Waals surface area contributed by atoms with Gasteiger partial charge in [0.2, 0.25) is 0 Å². The van der Waals surface area contributed by atoms with Crippen molar-refractivity contribution in [2.24, 2.45) is 0 Å². The maximum Gasteiger partial charge on any atom is 0.258 e. The predicted molar refractivity (Wildman–Crippen MR) is 74.2 cm³/mol. The third-order valence-electron chi connectivity index (χ3n) is 2.50. The molecule has 19 heavy (non-hydrogen) atoms. The second-order valence-electron chi connectivity index (χ2n) is 4.39. The molecule has 0 aliphatic carbocycles. The van der Waals surface area contributed by atoms with Gasteiger partial charge in [-0.15, -0.1) is 0 Å². The van der Waals surface area contributed by atoms with Gasteiger partial charge in [-0.2, -0.15) is 0 Å². The number of amides is 1. The van der Waals surface area contributed by atoms with Gasteiger partial charge in [-0.25, -0.2) is 0 Å². The van der Waals surface area contributed by atoms with E-state index >= 15 is 0 Å². The quantitative estimate of drug-likeness (QED) is 0.735. The number of hydrogen-bond donors (Lipinski definition) is 2. The molecule has 0 saturated carbocycles. The van der Waals surface area contributed by atoms with Gasteiger partial charge in [-0.05, 0) is 31.7 Å². The average Bonchev–Trinajstić information content (AvgIpc) is 2.38. The van der Waals surface area contributed by atoms with Crippen LogP contribution in [-0.2, 0) is 16.1 Å². The third kappa shape index (κ3) is 6.22. The number of methoxy groups -OCH3 is 1. The zero-order chi connectivity index (χ0) is 14.1. The maximum atomic E-state index is 11.6. The molecular weight excluding hydrogens is 244 g/mol. The standard InChI is InChI=1S/C14H22N2O3/c1-11(9-18-3)16-14(17)10-19-13-6-4-12(5-7-13)8-15-2/h4-7,11,15H,8-10H2,1-3H3,(H,16,17). The summed E-state index contributed by atoms with van der Waals surface area (Å²) in [4.78, 5) is 11.6. The van der Waals surface area contributed by atoms with Crippen LogP contribution in [0.25, 0.3) is 0 Å². The second kappa shape index (κ2) is 8.50. The lowest BCUT2D eigenvalue weighted by molar-refractivity contribution is -0.124. The molecule has 5 nitrogen and oxygen atoms in total. The number of rotatable bonds is 8. The fourth-order valence-electron chi connectivity index (χ4n) is 1.66. The Morgan fingerprint density at radius 1 is 1.32 bits per heavy atom. The van der Waals surface area contributed by atoms with Crippen molar-refractivity contribution in [1.82, 2.24) is 10.6 Å². The van der Waals surface area contributed by atoms with Crippen molar-refractivity contribution in [3.8, 4) is 5.75 Å². The lowest BCUT2D eigenvalue weighted by atomic mass is 10.2. The molecule has 0 saturated heterocycles. The van der Waals surface area contributed by atoms with E-state index in [9.17, 15) is 4.79 Å². The summed E-state index contributed by atoms with van der Waals surface area (Å²) < 4.78 is 10.3. The summed E-state index contributed by atoms with van der Waals surface area (Å²) in [7, 11) is 3.50. The Kier molecular flexibility index (Phi) is 6.92. The van der Waals surface area contributed by atoms with Crippen molar-refractivity contribution in [3.05, 3.63) is 29.8 Å². The SMILES string of the molecule is CNCc1ccc(OCC(=O)NC(C)COC)cc1. The summed E-state index contributed by atoms with van der Waals surface area (Å²) in [5, 5.41) is 5.85. The highest BCUT2D eigenvalue weighted by atomic mass is 16.5. The van der Waals surface area contributed by atoms with Gasteiger partial charge in [0.1, 0.15) is 5.75 Å². The summed E-state index contributed by atoms with van der Waals surface area (Å²) in [6.07, 6.45) is 0. The third-order valence-corrected chi connectivity index (χ3v) is 2.50. The first-order valence-electron chi connectivity index (χ1n) is 6.30. The van der Waals surface area contributed by atoms with Crippen molar-refractivity contribution in [3.63, 3.8) is 0 Å². The fraction of sp³-hybridized carbons (Fsp3) is 0.500. The number of nitrogens with one attached hydrogen (secondary N) is 2. The second-order valence-corrected chi connectivity index (χ2v) is 4.39. The normalized spacial score (nSPS) is 11.9. The minimum atomic E-state index is -0.149. The van der Waals surface area contributed by atoms with E-state index in [1.807, 2.05) is 38.2 Å². The van der Waals surface area contributed by atoms with Gasteiger partial charge in [0, 0.05) is 19.7 Å². The van der Waals surface area contributed by atoms with Crippen molar-refractivity contribution in [1.29, 1.82) is 0 Å². The van der Waals surface area contributed by atoms with E-state index in [0.717, 1.165) is 6.54 Å². The highest BCUT2D eigenvalue weighted by Crippen LogP contribution is 2.11. The van der Waals surface area contributed by atoms with Crippen LogP contribution < -0.4 is 15.4 Å². The van der Waals surface area contributed by atoms with Crippen LogP contribution in [0.3, 0.4) is 0 Å². The molecule has 106 valence electrons. The Morgan fingerprint density at radius 2 is 2.00 bits per heavy atom. The van der Waals surface area contributed by atoms with Crippen LogP contribution >= 0.6 is 0 Å². The number of benzene rings is 1. The molecule has 0 fully saturated rings. The predicted octanol–water partition coefficient (Wildman–Crippen LogP) is 0.936. The fourth-order valence-corrected chi connectivity index (χ4v) is 1.66. The Morgan fingerprint density at radius 3 is 2.58 bits per heavy atom. The molecule has 0 heterocycles. The molecular formula is C14H22N2O3. The van der Waals surface area contributed by atoms with E-state index in [1.165, 1.54) is 5.56 Å². The van der Waals surface area contributed by atoms with Gasteiger partial charge < -0.3 is 20.1 Å². The van der Waals surface area contributed by atoms with Crippen molar-refractivity contribution in [2.75, 3.05) is 27.4 Å². The minimum absolute atomic E-state index is 0.0133. The molecule has 0 radical (unpaired) electrons. The van der Waals surface area contributed by atoms with E-state index in [4.69, 9.17) is 9.47 Å². The molecule has 1 aromatic rings. The van der Waals surface area contributed by atoms with Gasteiger partial charge >= 0.3 is 0 Å². The summed E-state index contributed by atoms with van der Waals surface area (Å²) in [5.74, 6) is 0.540. The average molecular weight is 266 g/mol. The molecule has 5 heteroatoms. The Hall–Kier alpha value is -1.59. The molecule has 0 aromatic heterocycles. The Bertz CT molecular complexity index is 379. The molecule has 0 spiro atoms. The summed E-state index contributed by atoms with van der Waals surface area (Å²) in [6.45, 7) is 3.20. The highest BCUT2D eigenvalue weighted by Gasteiger charge is 2.07. The van der Waals surface area contributed by atoms with Crippen molar-refractivity contribution in [2.45, 2.75) is 19.5 Å². The number of hydrogen-bond acceptors (Lipinski definition) is 4. The number of carbonyl (C=O) groups is 1. The molecule has 1 aromatic carbocycles. The van der Waals surface area contributed by atoms with E-state index in [2.05, 4.69) is 10.6 Å². The zero-order valence-corrected chi connectivity index (χ0v) is 11.7. The van der Waals surface area contributed by atoms with Crippen molar-refractivity contribution < 1.29 is 14.3 Å². The first-order valence-corrected chi connectivity index (χ1v) is 6.30. The first kappa shape index (κ1) is 15.5. The van der Waals surface area contributed by atoms with Crippen LogP contribution in [0.15, 0.2) is 24.3 Å². The molecule has 1 atom stereocenters. The van der Waals surface area contributed by atoms with Crippen molar-refractivity contribution >= 4 is 5.91 Å². The number of carbonyl (C=O) groups excluding carboxylic acids is 1. The van der Waals surface area contributed by atoms with Crippen LogP contribution in [0.2, 0.25) is 0 Å². The Labute approximate surface area is 114 Å². The van der Waals surface area contributed by atoms with E-state index in [1.54, 1.807) is 7.11 Å². The van der Waals surface area contributed by atoms with Crippen LogP contribution in [0.4, 0.5) is 0 Å². The smallest absolute Gasteiger partial charge is 0.258 e. The van der Waals surface area contributed by atoms with Crippen LogP contribution in [0, 0.1) is 0 Å². The molecule has 0 aliphatic heterocycles. The van der Waals surface area contributed by atoms with Crippen LogP contribution in [0.5, 0.6) is 5.75 Å². The summed E-state index contributed by atoms with van der Waals surface area (Å²) >= 11 is 0. The topological polar surface area (TPSA) is 59.6 Å². The molecule has 2 N–H and O–H groups in total. The largest absolute Gasteiger partial charge is 0.484 e. The molecule has 1 amide bonds. The van der Waals surface area contributed by atoms with Gasteiger partial charge in [-0.1, -0.05) is 12.1 Å². The lowest BCUT2D eigenvalue weighted by Crippen LogP contribution is -2.38. The van der Waals surface area contributed by atoms with Gasteiger partial charge in [0.15, 0.2) is 6.61 Å². The van der Waals surface area contributed by atoms with E-state index < -0.39 is 0 Å². The summed E-state index contributed by atoms with van der Waals surface area (Å²) in [5.41, 5.74) is 1.17. The van der Waals surface area contributed by atoms with Crippen LogP contribution in [0.1, 0.15) is 12.5 Å². The minimum Gasteiger partial charge on any atom is -0.484 e. The molecule has 0 bridgehead atoms. The van der Waals surface area contributed by atoms with E-state index in [-0.39, 0.29) is 18.6 Å².